The van der Waals surface area contributed by atoms with E-state index in [1.807, 2.05) is 0 Å². The molecule has 110 valence electrons. The van der Waals surface area contributed by atoms with Crippen LogP contribution in [0.1, 0.15) is 64.4 Å². The Morgan fingerprint density at radius 1 is 1.25 bits per heavy atom. The van der Waals surface area contributed by atoms with Gasteiger partial charge >= 0.3 is 0 Å². The molecule has 0 amide bonds. The van der Waals surface area contributed by atoms with Crippen molar-refractivity contribution in [3.63, 3.8) is 0 Å². The predicted octanol–water partition coefficient (Wildman–Crippen LogP) is 4.24. The summed E-state index contributed by atoms with van der Waals surface area (Å²) < 4.78 is 2.13. The number of hydrogen-bond donors (Lipinski definition) is 0. The van der Waals surface area contributed by atoms with E-state index in [0.29, 0.717) is 11.3 Å². The fourth-order valence-electron chi connectivity index (χ4n) is 3.86. The van der Waals surface area contributed by atoms with Crippen LogP contribution in [0.2, 0.25) is 0 Å². The summed E-state index contributed by atoms with van der Waals surface area (Å²) in [5.74, 6) is 0.647. The number of fused-ring (bicyclic) bond motifs is 3. The molecule has 0 fully saturated rings. The molecule has 0 N–H and O–H groups in total. The van der Waals surface area contributed by atoms with Crippen molar-refractivity contribution in [2.75, 3.05) is 0 Å². The average Bonchev–Trinajstić information content (AvgIpc) is 2.67. The van der Waals surface area contributed by atoms with Gasteiger partial charge in [0.1, 0.15) is 5.01 Å². The van der Waals surface area contributed by atoms with E-state index in [9.17, 15) is 0 Å². The first-order valence-electron chi connectivity index (χ1n) is 7.56. The summed E-state index contributed by atoms with van der Waals surface area (Å²) in [6.07, 6.45) is 3.31. The lowest BCUT2D eigenvalue weighted by Gasteiger charge is -2.39. The van der Waals surface area contributed by atoms with Gasteiger partial charge in [0.05, 0.1) is 11.4 Å². The van der Waals surface area contributed by atoms with E-state index in [-0.39, 0.29) is 5.41 Å². The van der Waals surface area contributed by atoms with Crippen molar-refractivity contribution >= 4 is 16.3 Å². The lowest BCUT2D eigenvalue weighted by molar-refractivity contribution is 0.223. The van der Waals surface area contributed by atoms with Gasteiger partial charge in [-0.2, -0.15) is 5.10 Å². The van der Waals surface area contributed by atoms with Crippen LogP contribution in [0.3, 0.4) is 0 Å². The zero-order chi connectivity index (χ0) is 14.7. The molecule has 0 atom stereocenters. The highest BCUT2D eigenvalue weighted by Gasteiger charge is 2.41. The monoisotopic (exact) mass is 291 g/mol. The Bertz CT molecular complexity index is 646. The highest BCUT2D eigenvalue weighted by Crippen LogP contribution is 2.45. The van der Waals surface area contributed by atoms with Gasteiger partial charge < -0.3 is 0 Å². The molecule has 0 aromatic carbocycles. The minimum Gasteiger partial charge on any atom is -0.222 e. The summed E-state index contributed by atoms with van der Waals surface area (Å²) in [4.78, 5) is 5.97. The summed E-state index contributed by atoms with van der Waals surface area (Å²) in [6, 6.07) is 0. The SMILES string of the molecule is CC(C)Cc1nn2c3c(nc2s1)CC(C)(C)CC3(C)C. The molecule has 1 aliphatic rings. The quantitative estimate of drug-likeness (QED) is 0.828. The van der Waals surface area contributed by atoms with E-state index in [1.54, 1.807) is 11.3 Å². The predicted molar refractivity (Wildman–Crippen MR) is 84.5 cm³/mol. The summed E-state index contributed by atoms with van der Waals surface area (Å²) >= 11 is 1.76. The van der Waals surface area contributed by atoms with Crippen molar-refractivity contribution in [2.45, 2.75) is 66.2 Å². The molecule has 1 aliphatic carbocycles. The number of hydrogen-bond acceptors (Lipinski definition) is 3. The Morgan fingerprint density at radius 3 is 2.60 bits per heavy atom. The first-order valence-corrected chi connectivity index (χ1v) is 8.37. The maximum absolute atomic E-state index is 4.89. The fraction of sp³-hybridized carbons (Fsp3) is 0.750. The van der Waals surface area contributed by atoms with E-state index < -0.39 is 0 Å². The van der Waals surface area contributed by atoms with Gasteiger partial charge in [-0.25, -0.2) is 9.50 Å². The highest BCUT2D eigenvalue weighted by molar-refractivity contribution is 7.16. The van der Waals surface area contributed by atoms with Crippen LogP contribution >= 0.6 is 11.3 Å². The Labute approximate surface area is 125 Å². The normalized spacial score (nSPS) is 20.6. The van der Waals surface area contributed by atoms with Gasteiger partial charge in [0.2, 0.25) is 4.96 Å². The van der Waals surface area contributed by atoms with Gasteiger partial charge in [0, 0.05) is 11.8 Å². The smallest absolute Gasteiger partial charge is 0.212 e. The third-order valence-corrected chi connectivity index (χ3v) is 5.04. The zero-order valence-corrected chi connectivity index (χ0v) is 14.3. The van der Waals surface area contributed by atoms with Crippen molar-refractivity contribution in [2.24, 2.45) is 11.3 Å². The molecule has 2 heterocycles. The number of nitrogens with zero attached hydrogens (tertiary/aromatic N) is 3. The molecule has 0 spiro atoms. The van der Waals surface area contributed by atoms with Crippen molar-refractivity contribution in [1.29, 1.82) is 0 Å². The first-order chi connectivity index (χ1) is 9.18. The summed E-state index contributed by atoms with van der Waals surface area (Å²) in [5, 5.41) is 6.06. The minimum atomic E-state index is 0.152. The number of aromatic nitrogens is 3. The van der Waals surface area contributed by atoms with E-state index in [0.717, 1.165) is 17.8 Å². The molecule has 2 aromatic rings. The van der Waals surface area contributed by atoms with Crippen molar-refractivity contribution < 1.29 is 0 Å². The van der Waals surface area contributed by atoms with E-state index in [1.165, 1.54) is 22.8 Å². The molecular weight excluding hydrogens is 266 g/mol. The van der Waals surface area contributed by atoms with Crippen LogP contribution in [-0.4, -0.2) is 14.6 Å². The highest BCUT2D eigenvalue weighted by atomic mass is 32.1. The molecule has 0 aliphatic heterocycles. The lowest BCUT2D eigenvalue weighted by Crippen LogP contribution is -2.35. The van der Waals surface area contributed by atoms with Gasteiger partial charge in [0.25, 0.3) is 0 Å². The third kappa shape index (κ3) is 2.28. The summed E-state index contributed by atoms with van der Waals surface area (Å²) in [5.41, 5.74) is 3.10. The maximum atomic E-state index is 4.89. The van der Waals surface area contributed by atoms with Gasteiger partial charge in [-0.15, -0.1) is 0 Å². The molecule has 0 unspecified atom stereocenters. The van der Waals surface area contributed by atoms with Crippen LogP contribution in [0.15, 0.2) is 0 Å². The molecular formula is C16H25N3S. The summed E-state index contributed by atoms with van der Waals surface area (Å²) in [7, 11) is 0. The van der Waals surface area contributed by atoms with Gasteiger partial charge in [-0.05, 0) is 24.2 Å². The second-order valence-corrected chi connectivity index (χ2v) is 9.14. The van der Waals surface area contributed by atoms with Crippen LogP contribution in [0.4, 0.5) is 0 Å². The second-order valence-electron chi connectivity index (χ2n) is 8.10. The molecule has 4 heteroatoms. The third-order valence-electron chi connectivity index (χ3n) is 4.11. The molecule has 0 saturated heterocycles. The lowest BCUT2D eigenvalue weighted by atomic mass is 9.66. The largest absolute Gasteiger partial charge is 0.222 e. The van der Waals surface area contributed by atoms with Crippen LogP contribution in [-0.2, 0) is 18.3 Å². The second kappa shape index (κ2) is 4.30. The zero-order valence-electron chi connectivity index (χ0n) is 13.4. The Kier molecular flexibility index (Phi) is 3.02. The van der Waals surface area contributed by atoms with Gasteiger partial charge in [0.15, 0.2) is 0 Å². The number of imidazole rings is 1. The van der Waals surface area contributed by atoms with Crippen LogP contribution < -0.4 is 0 Å². The fourth-order valence-corrected chi connectivity index (χ4v) is 4.98. The van der Waals surface area contributed by atoms with Crippen LogP contribution in [0, 0.1) is 11.3 Å². The molecule has 0 radical (unpaired) electrons. The molecule has 2 aromatic heterocycles. The van der Waals surface area contributed by atoms with Crippen molar-refractivity contribution in [1.82, 2.24) is 14.6 Å². The molecule has 0 saturated carbocycles. The van der Waals surface area contributed by atoms with Crippen LogP contribution in [0.5, 0.6) is 0 Å². The first kappa shape index (κ1) is 14.1. The molecule has 0 bridgehead atoms. The molecule has 20 heavy (non-hydrogen) atoms. The minimum absolute atomic E-state index is 0.152. The Morgan fingerprint density at radius 2 is 1.95 bits per heavy atom. The topological polar surface area (TPSA) is 30.2 Å². The van der Waals surface area contributed by atoms with Crippen molar-refractivity contribution in [3.8, 4) is 0 Å². The standard InChI is InChI=1S/C16H25N3S/c1-10(2)7-12-18-19-13-11(17-14(19)20-12)8-15(3,4)9-16(13,5)6/h10H,7-9H2,1-6H3. The summed E-state index contributed by atoms with van der Waals surface area (Å²) in [6.45, 7) is 13.9. The number of rotatable bonds is 2. The maximum Gasteiger partial charge on any atom is 0.212 e. The van der Waals surface area contributed by atoms with Gasteiger partial charge in [-0.1, -0.05) is 52.9 Å². The molecule has 3 rings (SSSR count). The van der Waals surface area contributed by atoms with E-state index in [4.69, 9.17) is 10.1 Å². The molecule has 3 nitrogen and oxygen atoms in total. The average molecular weight is 291 g/mol. The van der Waals surface area contributed by atoms with E-state index in [2.05, 4.69) is 46.1 Å². The Balaban J connectivity index is 2.11. The van der Waals surface area contributed by atoms with Gasteiger partial charge in [-0.3, -0.25) is 0 Å². The van der Waals surface area contributed by atoms with E-state index >= 15 is 0 Å². The van der Waals surface area contributed by atoms with Crippen molar-refractivity contribution in [3.05, 3.63) is 16.4 Å². The van der Waals surface area contributed by atoms with Crippen LogP contribution in [0.25, 0.3) is 4.96 Å². The Hall–Kier alpha value is -0.900.